The van der Waals surface area contributed by atoms with Crippen LogP contribution in [0.1, 0.15) is 13.8 Å². The molecule has 1 fully saturated rings. The summed E-state index contributed by atoms with van der Waals surface area (Å²) in [6.07, 6.45) is 3.81. The van der Waals surface area contributed by atoms with Gasteiger partial charge in [-0.3, -0.25) is 9.69 Å². The summed E-state index contributed by atoms with van der Waals surface area (Å²) in [5.41, 5.74) is 1.83. The lowest BCUT2D eigenvalue weighted by molar-refractivity contribution is -0.113. The van der Waals surface area contributed by atoms with E-state index < -0.39 is 0 Å². The SMILES string of the molecule is C/C=C1\CN(C)C/C(=C\C)C1=O. The summed E-state index contributed by atoms with van der Waals surface area (Å²) in [5.74, 6) is 0.220. The number of carbonyl (C=O) groups is 1. The average Bonchev–Trinajstić information content (AvgIpc) is 2.08. The lowest BCUT2D eigenvalue weighted by Crippen LogP contribution is -2.34. The zero-order valence-electron chi connectivity index (χ0n) is 7.92. The summed E-state index contributed by atoms with van der Waals surface area (Å²) in [6, 6.07) is 0. The van der Waals surface area contributed by atoms with Crippen LogP contribution in [0.25, 0.3) is 0 Å². The first-order valence-corrected chi connectivity index (χ1v) is 4.22. The molecule has 0 saturated carbocycles. The summed E-state index contributed by atoms with van der Waals surface area (Å²) in [7, 11) is 2.03. The highest BCUT2D eigenvalue weighted by molar-refractivity contribution is 6.09. The molecule has 1 heterocycles. The fourth-order valence-electron chi connectivity index (χ4n) is 1.43. The molecule has 0 aromatic rings. The quantitative estimate of drug-likeness (QED) is 0.506. The Balaban J connectivity index is 2.90. The van der Waals surface area contributed by atoms with Gasteiger partial charge in [-0.1, -0.05) is 12.2 Å². The van der Waals surface area contributed by atoms with Crippen molar-refractivity contribution in [3.8, 4) is 0 Å². The molecule has 1 saturated heterocycles. The van der Waals surface area contributed by atoms with Crippen molar-refractivity contribution in [3.05, 3.63) is 23.3 Å². The fourth-order valence-corrected chi connectivity index (χ4v) is 1.43. The molecule has 2 nitrogen and oxygen atoms in total. The summed E-state index contributed by atoms with van der Waals surface area (Å²) in [4.78, 5) is 13.7. The van der Waals surface area contributed by atoms with Gasteiger partial charge in [0.25, 0.3) is 0 Å². The third kappa shape index (κ3) is 1.64. The van der Waals surface area contributed by atoms with Gasteiger partial charge < -0.3 is 0 Å². The van der Waals surface area contributed by atoms with Gasteiger partial charge in [0.15, 0.2) is 5.78 Å². The van der Waals surface area contributed by atoms with Crippen molar-refractivity contribution in [3.63, 3.8) is 0 Å². The molecule has 0 aromatic heterocycles. The number of allylic oxidation sites excluding steroid dienone is 2. The smallest absolute Gasteiger partial charge is 0.186 e. The number of likely N-dealkylation sites (N-methyl/N-ethyl adjacent to an activating group) is 1. The first kappa shape index (κ1) is 9.20. The zero-order chi connectivity index (χ0) is 9.14. The molecule has 0 atom stereocenters. The van der Waals surface area contributed by atoms with Crippen LogP contribution >= 0.6 is 0 Å². The van der Waals surface area contributed by atoms with Crippen molar-refractivity contribution in [2.45, 2.75) is 13.8 Å². The van der Waals surface area contributed by atoms with Crippen molar-refractivity contribution in [1.82, 2.24) is 4.90 Å². The number of hydrogen-bond donors (Lipinski definition) is 0. The third-order valence-corrected chi connectivity index (χ3v) is 2.16. The number of carbonyl (C=O) groups excluding carboxylic acids is 1. The molecule has 0 bridgehead atoms. The van der Waals surface area contributed by atoms with Crippen LogP contribution in [0.4, 0.5) is 0 Å². The zero-order valence-corrected chi connectivity index (χ0v) is 7.92. The summed E-state index contributed by atoms with van der Waals surface area (Å²) < 4.78 is 0. The number of Topliss-reactive ketones (excluding diaryl/α,β-unsaturated/α-hetero) is 1. The Morgan fingerprint density at radius 2 is 1.58 bits per heavy atom. The van der Waals surface area contributed by atoms with Crippen LogP contribution in [0.5, 0.6) is 0 Å². The van der Waals surface area contributed by atoms with Crippen LogP contribution in [0, 0.1) is 0 Å². The van der Waals surface area contributed by atoms with E-state index in [4.69, 9.17) is 0 Å². The number of hydrogen-bond acceptors (Lipinski definition) is 2. The van der Waals surface area contributed by atoms with Gasteiger partial charge in [0, 0.05) is 24.2 Å². The molecule has 1 rings (SSSR count). The number of ketones is 1. The van der Waals surface area contributed by atoms with Gasteiger partial charge >= 0.3 is 0 Å². The molecule has 1 aliphatic rings. The number of piperidine rings is 1. The lowest BCUT2D eigenvalue weighted by atomic mass is 9.98. The highest BCUT2D eigenvalue weighted by atomic mass is 16.1. The molecule has 1 aliphatic heterocycles. The molecular weight excluding hydrogens is 150 g/mol. The van der Waals surface area contributed by atoms with E-state index in [0.29, 0.717) is 0 Å². The molecule has 0 N–H and O–H groups in total. The Morgan fingerprint density at radius 3 is 1.92 bits per heavy atom. The maximum absolute atomic E-state index is 11.6. The van der Waals surface area contributed by atoms with Gasteiger partial charge in [-0.25, -0.2) is 0 Å². The van der Waals surface area contributed by atoms with Crippen molar-refractivity contribution in [1.29, 1.82) is 0 Å². The van der Waals surface area contributed by atoms with Crippen LogP contribution in [0.2, 0.25) is 0 Å². The molecule has 0 aromatic carbocycles. The van der Waals surface area contributed by atoms with Crippen LogP contribution in [-0.4, -0.2) is 30.8 Å². The number of nitrogens with zero attached hydrogens (tertiary/aromatic N) is 1. The minimum absolute atomic E-state index is 0.220. The topological polar surface area (TPSA) is 20.3 Å². The van der Waals surface area contributed by atoms with Crippen LogP contribution in [0.3, 0.4) is 0 Å². The van der Waals surface area contributed by atoms with Gasteiger partial charge in [0.2, 0.25) is 0 Å². The predicted molar refractivity (Wildman–Crippen MR) is 50.0 cm³/mol. The molecule has 2 heteroatoms. The van der Waals surface area contributed by atoms with Gasteiger partial charge in [0.05, 0.1) is 0 Å². The second-order valence-electron chi connectivity index (χ2n) is 3.13. The Morgan fingerprint density at radius 1 is 1.17 bits per heavy atom. The molecular formula is C10H15NO. The van der Waals surface area contributed by atoms with Crippen molar-refractivity contribution >= 4 is 5.78 Å². The van der Waals surface area contributed by atoms with Crippen LogP contribution in [-0.2, 0) is 4.79 Å². The van der Waals surface area contributed by atoms with Crippen molar-refractivity contribution in [2.75, 3.05) is 20.1 Å². The molecule has 0 aliphatic carbocycles. The van der Waals surface area contributed by atoms with E-state index in [9.17, 15) is 4.79 Å². The van der Waals surface area contributed by atoms with E-state index >= 15 is 0 Å². The largest absolute Gasteiger partial charge is 0.298 e. The Kier molecular flexibility index (Phi) is 2.82. The molecule has 0 spiro atoms. The van der Waals surface area contributed by atoms with E-state index in [0.717, 1.165) is 24.2 Å². The Bertz CT molecular complexity index is 227. The second kappa shape index (κ2) is 3.68. The number of likely N-dealkylation sites (tertiary alicyclic amines) is 1. The number of rotatable bonds is 0. The second-order valence-corrected chi connectivity index (χ2v) is 3.13. The molecule has 0 amide bonds. The maximum atomic E-state index is 11.6. The molecule has 0 unspecified atom stereocenters. The first-order valence-electron chi connectivity index (χ1n) is 4.22. The van der Waals surface area contributed by atoms with Crippen molar-refractivity contribution < 1.29 is 4.79 Å². The minimum Gasteiger partial charge on any atom is -0.298 e. The minimum atomic E-state index is 0.220. The van der Waals surface area contributed by atoms with E-state index in [1.54, 1.807) is 0 Å². The summed E-state index contributed by atoms with van der Waals surface area (Å²) in [5, 5.41) is 0. The maximum Gasteiger partial charge on any atom is 0.186 e. The van der Waals surface area contributed by atoms with Crippen LogP contribution in [0.15, 0.2) is 23.3 Å². The van der Waals surface area contributed by atoms with E-state index in [-0.39, 0.29) is 5.78 Å². The highest BCUT2D eigenvalue weighted by Crippen LogP contribution is 2.15. The summed E-state index contributed by atoms with van der Waals surface area (Å²) in [6.45, 7) is 5.40. The van der Waals surface area contributed by atoms with Gasteiger partial charge in [-0.05, 0) is 20.9 Å². The van der Waals surface area contributed by atoms with E-state index in [2.05, 4.69) is 4.90 Å². The Labute approximate surface area is 73.6 Å². The molecule has 66 valence electrons. The normalized spacial score (nSPS) is 27.1. The monoisotopic (exact) mass is 165 g/mol. The molecule has 12 heavy (non-hydrogen) atoms. The summed E-state index contributed by atoms with van der Waals surface area (Å²) >= 11 is 0. The van der Waals surface area contributed by atoms with Crippen LogP contribution < -0.4 is 0 Å². The Hall–Kier alpha value is -0.890. The standard InChI is InChI=1S/C10H15NO/c1-4-8-6-11(3)7-9(5-2)10(8)12/h4-5H,6-7H2,1-3H3/b8-4+,9-5+. The third-order valence-electron chi connectivity index (χ3n) is 2.16. The average molecular weight is 165 g/mol. The van der Waals surface area contributed by atoms with Gasteiger partial charge in [0.1, 0.15) is 0 Å². The lowest BCUT2D eigenvalue weighted by Gasteiger charge is -2.25. The first-order chi connectivity index (χ1) is 5.69. The molecule has 0 radical (unpaired) electrons. The van der Waals surface area contributed by atoms with E-state index in [1.165, 1.54) is 0 Å². The van der Waals surface area contributed by atoms with Gasteiger partial charge in [-0.15, -0.1) is 0 Å². The van der Waals surface area contributed by atoms with E-state index in [1.807, 2.05) is 33.0 Å². The fraction of sp³-hybridized carbons (Fsp3) is 0.500. The highest BCUT2D eigenvalue weighted by Gasteiger charge is 2.21. The van der Waals surface area contributed by atoms with Gasteiger partial charge in [-0.2, -0.15) is 0 Å². The van der Waals surface area contributed by atoms with Crippen molar-refractivity contribution in [2.24, 2.45) is 0 Å². The predicted octanol–water partition coefficient (Wildman–Crippen LogP) is 1.39.